The van der Waals surface area contributed by atoms with Gasteiger partial charge in [-0.25, -0.2) is 13.1 Å². The zero-order valence-corrected chi connectivity index (χ0v) is 21.9. The molecule has 11 heteroatoms. The van der Waals surface area contributed by atoms with Gasteiger partial charge in [0.2, 0.25) is 0 Å². The molecule has 0 aliphatic rings. The summed E-state index contributed by atoms with van der Waals surface area (Å²) in [4.78, 5) is 17.5. The molecule has 0 aliphatic heterocycles. The zero-order chi connectivity index (χ0) is 25.3. The van der Waals surface area contributed by atoms with Gasteiger partial charge in [0.05, 0.1) is 0 Å². The predicted octanol–water partition coefficient (Wildman–Crippen LogP) is 5.66. The highest BCUT2D eigenvalue weighted by atomic mass is 35.5. The van der Waals surface area contributed by atoms with Gasteiger partial charge in [-0.2, -0.15) is 0 Å². The molecular weight excluding hydrogens is 508 g/mol. The van der Waals surface area contributed by atoms with Crippen molar-refractivity contribution in [1.82, 2.24) is 10.1 Å². The standard InChI is InChI=1S/C24H23ClN4O4S2/c1-13-11-14(2)21(15(3)18(13)12-17-7-5-6-9-26-17)27-23(30)22-19(8-10-34-22)35(31,32)29-24-20(25)16(4)28-33-24/h5-11,29H,12H2,1-4H3,(H,27,30). The topological polar surface area (TPSA) is 114 Å². The Hall–Kier alpha value is -3.21. The summed E-state index contributed by atoms with van der Waals surface area (Å²) in [6.07, 6.45) is 2.36. The van der Waals surface area contributed by atoms with Crippen LogP contribution in [0.15, 0.2) is 51.3 Å². The van der Waals surface area contributed by atoms with Crippen LogP contribution in [0.3, 0.4) is 0 Å². The molecule has 0 saturated heterocycles. The summed E-state index contributed by atoms with van der Waals surface area (Å²) in [6, 6.07) is 9.12. The smallest absolute Gasteiger partial charge is 0.267 e. The van der Waals surface area contributed by atoms with Gasteiger partial charge in [-0.05, 0) is 73.5 Å². The average Bonchev–Trinajstić information content (AvgIpc) is 3.43. The first kappa shape index (κ1) is 24.9. The molecule has 35 heavy (non-hydrogen) atoms. The van der Waals surface area contributed by atoms with Crippen molar-refractivity contribution in [2.24, 2.45) is 0 Å². The maximum atomic E-state index is 13.3. The summed E-state index contributed by atoms with van der Waals surface area (Å²) in [5, 5.41) is 8.16. The summed E-state index contributed by atoms with van der Waals surface area (Å²) in [5.74, 6) is -0.731. The fraction of sp³-hybridized carbons (Fsp3) is 0.208. The van der Waals surface area contributed by atoms with E-state index < -0.39 is 15.9 Å². The van der Waals surface area contributed by atoms with E-state index in [1.54, 1.807) is 13.1 Å². The molecule has 8 nitrogen and oxygen atoms in total. The molecule has 0 unspecified atom stereocenters. The first-order valence-corrected chi connectivity index (χ1v) is 13.4. The lowest BCUT2D eigenvalue weighted by Gasteiger charge is -2.18. The quantitative estimate of drug-likeness (QED) is 0.318. The first-order valence-electron chi connectivity index (χ1n) is 10.6. The number of sulfonamides is 1. The Morgan fingerprint density at radius 3 is 2.57 bits per heavy atom. The van der Waals surface area contributed by atoms with Gasteiger partial charge in [-0.3, -0.25) is 9.78 Å². The fourth-order valence-electron chi connectivity index (χ4n) is 3.82. The number of nitrogens with one attached hydrogen (secondary N) is 2. The number of rotatable bonds is 7. The van der Waals surface area contributed by atoms with Crippen molar-refractivity contribution in [3.05, 3.63) is 85.5 Å². The van der Waals surface area contributed by atoms with Crippen molar-refractivity contribution in [2.45, 2.75) is 39.0 Å². The predicted molar refractivity (Wildman–Crippen MR) is 137 cm³/mol. The maximum Gasteiger partial charge on any atom is 0.267 e. The third-order valence-corrected chi connectivity index (χ3v) is 8.46. The Morgan fingerprint density at radius 2 is 1.91 bits per heavy atom. The van der Waals surface area contributed by atoms with E-state index in [0.29, 0.717) is 17.8 Å². The molecule has 0 fully saturated rings. The number of thiophene rings is 1. The number of nitrogens with zero attached hydrogens (tertiary/aromatic N) is 2. The van der Waals surface area contributed by atoms with Gasteiger partial charge < -0.3 is 9.84 Å². The van der Waals surface area contributed by atoms with Crippen LogP contribution in [0.4, 0.5) is 11.6 Å². The van der Waals surface area contributed by atoms with Gasteiger partial charge in [0, 0.05) is 24.0 Å². The van der Waals surface area contributed by atoms with Crippen LogP contribution in [0.25, 0.3) is 0 Å². The van der Waals surface area contributed by atoms with E-state index in [2.05, 4.69) is 20.2 Å². The van der Waals surface area contributed by atoms with Crippen molar-refractivity contribution in [3.8, 4) is 0 Å². The monoisotopic (exact) mass is 530 g/mol. The molecular formula is C24H23ClN4O4S2. The summed E-state index contributed by atoms with van der Waals surface area (Å²) in [6.45, 7) is 7.45. The van der Waals surface area contributed by atoms with E-state index in [-0.39, 0.29) is 20.7 Å². The molecule has 0 spiro atoms. The number of carbonyl (C=O) groups excluding carboxylic acids is 1. The Labute approximate surface area is 212 Å². The normalized spacial score (nSPS) is 11.5. The summed E-state index contributed by atoms with van der Waals surface area (Å²) < 4.78 is 33.2. The highest BCUT2D eigenvalue weighted by molar-refractivity contribution is 7.93. The van der Waals surface area contributed by atoms with Crippen LogP contribution < -0.4 is 10.0 Å². The van der Waals surface area contributed by atoms with Crippen LogP contribution >= 0.6 is 22.9 Å². The van der Waals surface area contributed by atoms with E-state index in [0.717, 1.165) is 39.3 Å². The number of aryl methyl sites for hydroxylation is 3. The number of hydrogen-bond donors (Lipinski definition) is 2. The van der Waals surface area contributed by atoms with Crippen molar-refractivity contribution in [1.29, 1.82) is 0 Å². The third-order valence-electron chi connectivity index (χ3n) is 5.60. The Morgan fingerprint density at radius 1 is 1.14 bits per heavy atom. The van der Waals surface area contributed by atoms with Crippen molar-refractivity contribution >= 4 is 50.4 Å². The molecule has 4 rings (SSSR count). The number of benzene rings is 1. The summed E-state index contributed by atoms with van der Waals surface area (Å²) in [5.41, 5.74) is 5.83. The lowest BCUT2D eigenvalue weighted by molar-refractivity contribution is 0.102. The van der Waals surface area contributed by atoms with Crippen molar-refractivity contribution < 1.29 is 17.7 Å². The van der Waals surface area contributed by atoms with Gasteiger partial charge in [0.15, 0.2) is 0 Å². The van der Waals surface area contributed by atoms with E-state index in [9.17, 15) is 13.2 Å². The number of hydrogen-bond acceptors (Lipinski definition) is 7. The molecule has 3 aromatic heterocycles. The SMILES string of the molecule is Cc1cc(C)c(NC(=O)c2sccc2S(=O)(=O)Nc2onc(C)c2Cl)c(C)c1Cc1ccccn1. The van der Waals surface area contributed by atoms with Gasteiger partial charge in [-0.15, -0.1) is 11.3 Å². The molecule has 2 N–H and O–H groups in total. The molecule has 4 aromatic rings. The molecule has 182 valence electrons. The van der Waals surface area contributed by atoms with Gasteiger partial charge in [0.25, 0.3) is 21.8 Å². The second-order valence-electron chi connectivity index (χ2n) is 8.07. The van der Waals surface area contributed by atoms with Crippen LogP contribution in [0, 0.1) is 27.7 Å². The Balaban J connectivity index is 1.64. The van der Waals surface area contributed by atoms with Gasteiger partial charge in [0.1, 0.15) is 20.5 Å². The molecule has 3 heterocycles. The Kier molecular flexibility index (Phi) is 6.98. The van der Waals surface area contributed by atoms with Crippen LogP contribution in [0.2, 0.25) is 5.02 Å². The van der Waals surface area contributed by atoms with E-state index in [4.69, 9.17) is 16.1 Å². The second kappa shape index (κ2) is 9.80. The minimum Gasteiger partial charge on any atom is -0.336 e. The lowest BCUT2D eigenvalue weighted by Crippen LogP contribution is -2.19. The van der Waals surface area contributed by atoms with Gasteiger partial charge in [-0.1, -0.05) is 28.9 Å². The molecule has 1 amide bonds. The minimum atomic E-state index is -4.15. The number of pyridine rings is 1. The van der Waals surface area contributed by atoms with Crippen molar-refractivity contribution in [3.63, 3.8) is 0 Å². The molecule has 0 saturated carbocycles. The average molecular weight is 531 g/mol. The molecule has 1 aromatic carbocycles. The van der Waals surface area contributed by atoms with Crippen LogP contribution in [0.5, 0.6) is 0 Å². The lowest BCUT2D eigenvalue weighted by atomic mass is 9.94. The highest BCUT2D eigenvalue weighted by Crippen LogP contribution is 2.32. The molecule has 0 aliphatic carbocycles. The third kappa shape index (κ3) is 5.09. The summed E-state index contributed by atoms with van der Waals surface area (Å²) >= 11 is 7.07. The largest absolute Gasteiger partial charge is 0.336 e. The number of aromatic nitrogens is 2. The van der Waals surface area contributed by atoms with E-state index in [1.807, 2.05) is 45.0 Å². The van der Waals surface area contributed by atoms with Gasteiger partial charge >= 0.3 is 0 Å². The number of carbonyl (C=O) groups is 1. The fourth-order valence-corrected chi connectivity index (χ4v) is 6.31. The summed E-state index contributed by atoms with van der Waals surface area (Å²) in [7, 11) is -4.15. The molecule has 0 bridgehead atoms. The van der Waals surface area contributed by atoms with Crippen LogP contribution in [-0.2, 0) is 16.4 Å². The minimum absolute atomic E-state index is 0.0375. The number of halogens is 1. The van der Waals surface area contributed by atoms with E-state index >= 15 is 0 Å². The van der Waals surface area contributed by atoms with E-state index in [1.165, 1.54) is 11.4 Å². The van der Waals surface area contributed by atoms with Crippen LogP contribution in [-0.4, -0.2) is 24.5 Å². The number of amides is 1. The Bertz CT molecular complexity index is 1510. The molecule has 0 atom stereocenters. The molecule has 0 radical (unpaired) electrons. The van der Waals surface area contributed by atoms with Crippen molar-refractivity contribution in [2.75, 3.05) is 10.0 Å². The zero-order valence-electron chi connectivity index (χ0n) is 19.5. The van der Waals surface area contributed by atoms with Crippen LogP contribution in [0.1, 0.15) is 43.3 Å². The highest BCUT2D eigenvalue weighted by Gasteiger charge is 2.27. The first-order chi connectivity index (χ1) is 16.6. The second-order valence-corrected chi connectivity index (χ2v) is 11.0. The maximum absolute atomic E-state index is 13.3. The number of anilines is 2.